The van der Waals surface area contributed by atoms with Crippen molar-refractivity contribution in [3.8, 4) is 0 Å². The van der Waals surface area contributed by atoms with E-state index < -0.39 is 107 Å². The smallest absolute Gasteiger partial charge is 0.407 e. The molecule has 82 heavy (non-hydrogen) atoms. The third-order valence-corrected chi connectivity index (χ3v) is 11.0. The summed E-state index contributed by atoms with van der Waals surface area (Å²) in [5, 5.41) is 38.0. The molecule has 0 aliphatic heterocycles. The van der Waals surface area contributed by atoms with Crippen molar-refractivity contribution in [2.45, 2.75) is 76.6 Å². The van der Waals surface area contributed by atoms with Gasteiger partial charge >= 0.3 is 6.09 Å². The largest absolute Gasteiger partial charge is 0.444 e. The van der Waals surface area contributed by atoms with Crippen LogP contribution < -0.4 is 42.1 Å². The monoisotopic (exact) mass is 1180 g/mol. The lowest BCUT2D eigenvalue weighted by atomic mass is 10.1. The van der Waals surface area contributed by atoms with Crippen molar-refractivity contribution in [3.05, 3.63) is 143 Å². The average molecular weight is 1180 g/mol. The van der Waals surface area contributed by atoms with Gasteiger partial charge in [-0.1, -0.05) is 60.7 Å². The molecule has 22 nitrogen and oxygen atoms in total. The third-order valence-electron chi connectivity index (χ3n) is 10.9. The predicted octanol–water partition coefficient (Wildman–Crippen LogP) is 3.29. The van der Waals surface area contributed by atoms with E-state index in [-0.39, 0.29) is 63.8 Å². The maximum Gasteiger partial charge on any atom is 0.407 e. The zero-order chi connectivity index (χ0) is 60.6. The summed E-state index contributed by atoms with van der Waals surface area (Å²) >= 11 is 5.32. The van der Waals surface area contributed by atoms with Gasteiger partial charge in [-0.05, 0) is 92.9 Å². The number of carbonyl (C=O) groups excluding carboxylic acids is 7. The lowest BCUT2D eigenvalue weighted by molar-refractivity contribution is -0.135. The molecule has 2 unspecified atom stereocenters. The van der Waals surface area contributed by atoms with E-state index in [1.807, 2.05) is 0 Å². The van der Waals surface area contributed by atoms with Crippen molar-refractivity contribution >= 4 is 53.3 Å². The van der Waals surface area contributed by atoms with Gasteiger partial charge in [-0.25, -0.2) is 27.2 Å². The van der Waals surface area contributed by atoms with Crippen molar-refractivity contribution in [1.82, 2.24) is 42.1 Å². The Morgan fingerprint density at radius 2 is 0.780 bits per heavy atom. The van der Waals surface area contributed by atoms with Crippen LogP contribution in [0.2, 0.25) is 0 Å². The van der Waals surface area contributed by atoms with Crippen LogP contribution >= 0.6 is 11.8 Å². The maximum atomic E-state index is 13.5. The highest BCUT2D eigenvalue weighted by atomic mass is 35.5. The second-order valence-corrected chi connectivity index (χ2v) is 19.0. The topological polar surface area (TPSA) is 302 Å². The number of aliphatic hydroxyl groups excluding tert-OH is 2. The van der Waals surface area contributed by atoms with Crippen LogP contribution in [0, 0.1) is 23.3 Å². The van der Waals surface area contributed by atoms with Gasteiger partial charge in [0, 0.05) is 38.3 Å². The fraction of sp³-hybridized carbons (Fsp3) is 0.436. The number of alkyl carbamates (subject to hydrolysis) is 1. The van der Waals surface area contributed by atoms with E-state index in [9.17, 15) is 61.3 Å². The first kappa shape index (κ1) is 69.0. The molecule has 7 amide bonds. The zero-order valence-electron chi connectivity index (χ0n) is 45.9. The second kappa shape index (κ2) is 36.9. The highest BCUT2D eigenvalue weighted by molar-refractivity contribution is 6.13. The Hall–Kier alpha value is -7.30. The number of aliphatic hydroxyl groups is 2. The first-order valence-electron chi connectivity index (χ1n) is 25.8. The van der Waals surface area contributed by atoms with Gasteiger partial charge in [0.25, 0.3) is 11.8 Å². The molecule has 0 radical (unpaired) electrons. The summed E-state index contributed by atoms with van der Waals surface area (Å²) in [6.45, 7) is 11.3. The molecular formula is C55H71ClF4N8O14. The Morgan fingerprint density at radius 3 is 1.11 bits per heavy atom. The molecule has 4 aromatic rings. The van der Waals surface area contributed by atoms with Crippen molar-refractivity contribution < 1.29 is 85.0 Å². The minimum atomic E-state index is -1.93. The molecule has 0 aliphatic carbocycles. The number of ether oxygens (including phenoxy) is 5. The molecule has 27 heteroatoms. The van der Waals surface area contributed by atoms with Gasteiger partial charge in [0.2, 0.25) is 23.6 Å². The molecule has 0 saturated heterocycles. The van der Waals surface area contributed by atoms with Gasteiger partial charge in [0.1, 0.15) is 53.0 Å². The van der Waals surface area contributed by atoms with Crippen LogP contribution in [-0.4, -0.2) is 148 Å². The van der Waals surface area contributed by atoms with Crippen molar-refractivity contribution in [1.29, 1.82) is 0 Å². The minimum absolute atomic E-state index is 0.126. The van der Waals surface area contributed by atoms with Crippen molar-refractivity contribution in [3.63, 3.8) is 0 Å². The molecule has 10 N–H and O–H groups in total. The number of hydrogen-bond donors (Lipinski definition) is 10. The summed E-state index contributed by atoms with van der Waals surface area (Å²) in [5.41, 5.74) is -0.249. The van der Waals surface area contributed by atoms with Crippen LogP contribution in [0.25, 0.3) is 0 Å². The van der Waals surface area contributed by atoms with Crippen molar-refractivity contribution in [2.24, 2.45) is 0 Å². The first-order chi connectivity index (χ1) is 39.0. The van der Waals surface area contributed by atoms with Gasteiger partial charge in [0.05, 0.1) is 52.9 Å². The summed E-state index contributed by atoms with van der Waals surface area (Å²) in [4.78, 5) is 90.3. The summed E-state index contributed by atoms with van der Waals surface area (Å²) in [6, 6.07) is 16.7. The number of halogens is 5. The first-order valence-corrected chi connectivity index (χ1v) is 26.1. The van der Waals surface area contributed by atoms with E-state index >= 15 is 0 Å². The van der Waals surface area contributed by atoms with Crippen LogP contribution in [0.3, 0.4) is 0 Å². The van der Waals surface area contributed by atoms with Gasteiger partial charge in [-0.3, -0.25) is 28.8 Å². The van der Waals surface area contributed by atoms with E-state index in [4.69, 9.17) is 35.5 Å². The molecule has 4 rings (SSSR count). The number of nitrogens with one attached hydrogen (secondary N) is 8. The van der Waals surface area contributed by atoms with Crippen LogP contribution in [-0.2, 0) is 52.5 Å². The summed E-state index contributed by atoms with van der Waals surface area (Å²) < 4.78 is 80.4. The average Bonchev–Trinajstić information content (AvgIpc) is 3.51. The number of hydrogen-bond acceptors (Lipinski definition) is 15. The molecule has 0 heterocycles. The van der Waals surface area contributed by atoms with E-state index in [0.717, 1.165) is 24.3 Å². The van der Waals surface area contributed by atoms with Gasteiger partial charge in [0.15, 0.2) is 12.2 Å². The van der Waals surface area contributed by atoms with Crippen LogP contribution in [0.1, 0.15) is 81.2 Å². The normalized spacial score (nSPS) is 13.3. The van der Waals surface area contributed by atoms with Gasteiger partial charge < -0.3 is 71.1 Å². The zero-order valence-corrected chi connectivity index (χ0v) is 46.6. The molecule has 0 aromatic heterocycles. The summed E-state index contributed by atoms with van der Waals surface area (Å²) in [5.74, 6) is -8.49. The molecule has 0 bridgehead atoms. The molecule has 0 spiro atoms. The van der Waals surface area contributed by atoms with Crippen LogP contribution in [0.15, 0.2) is 97.1 Å². The molecule has 0 saturated carbocycles. The maximum absolute atomic E-state index is 13.5. The minimum Gasteiger partial charge on any atom is -0.444 e. The Kier molecular flexibility index (Phi) is 31.1. The number of amides is 7. The van der Waals surface area contributed by atoms with Crippen molar-refractivity contribution in [2.75, 3.05) is 79.0 Å². The van der Waals surface area contributed by atoms with E-state index in [1.54, 1.807) is 81.4 Å². The van der Waals surface area contributed by atoms with Crippen LogP contribution in [0.4, 0.5) is 22.4 Å². The number of benzene rings is 4. The quantitative estimate of drug-likeness (QED) is 0.0191. The Balaban J connectivity index is 0.000000435. The SMILES string of the molecule is C[C@H](NC(=O)C(O)c1cc(F)cc(F)c1)C(=O)N[C@H](C(=O)NCCOCCOCCNC(=O)OC(C)(C)C)c1ccccc1.C[C@H](NC(=O)C(O)c1cc(F)cc(F)c1)C(=O)N[C@H](C(=O)NCCOCCOCCNCl)c1ccccc1. The highest BCUT2D eigenvalue weighted by Crippen LogP contribution is 2.20. The number of carbonyl (C=O) groups is 7. The summed E-state index contributed by atoms with van der Waals surface area (Å²) in [7, 11) is 0. The second-order valence-electron chi connectivity index (χ2n) is 18.7. The fourth-order valence-electron chi connectivity index (χ4n) is 6.90. The van der Waals surface area contributed by atoms with E-state index in [2.05, 4.69) is 42.1 Å². The van der Waals surface area contributed by atoms with E-state index in [0.29, 0.717) is 49.6 Å². The Bertz CT molecular complexity index is 2610. The number of rotatable bonds is 32. The van der Waals surface area contributed by atoms with E-state index in [1.165, 1.54) is 13.8 Å². The molecule has 6 atom stereocenters. The molecule has 0 fully saturated rings. The Morgan fingerprint density at radius 1 is 0.451 bits per heavy atom. The molecule has 0 aliphatic rings. The Labute approximate surface area is 477 Å². The third kappa shape index (κ3) is 27.0. The van der Waals surface area contributed by atoms with Gasteiger partial charge in [-0.15, -0.1) is 0 Å². The molecular weight excluding hydrogens is 1110 g/mol. The predicted molar refractivity (Wildman–Crippen MR) is 290 cm³/mol. The highest BCUT2D eigenvalue weighted by Gasteiger charge is 2.30. The lowest BCUT2D eigenvalue weighted by Gasteiger charge is -2.22. The molecule has 450 valence electrons. The molecule has 4 aromatic carbocycles. The summed E-state index contributed by atoms with van der Waals surface area (Å²) in [6.07, 6.45) is -4.37. The standard InChI is InChI=1S/C30H40F2N4O8.C25H31ClF2N4O6/c1-19(35-28(40)25(37)21-16-22(31)18-23(32)17-21)26(38)36-24(20-8-6-5-7-9-20)27(39)33-10-12-42-14-15-43-13-11-34-29(41)44-30(2,3)4;1-16(31-25(36)22(33)18-13-19(27)15-20(28)14-18)23(34)32-21(17-5-3-2-4-6-17)24(35)29-7-9-37-11-12-38-10-8-30-26/h5-9,16-19,24-25,37H,10-15H2,1-4H3,(H,33,39)(H,34,41)(H,35,40)(H,36,38);2-6,13-16,21-22,30,33H,7-12H2,1H3,(H,29,35)(H,31,36)(H,32,34)/t19-,24-,25?;16-,21-,22?/m00/s1. The lowest BCUT2D eigenvalue weighted by Crippen LogP contribution is -2.50. The fourth-order valence-corrected chi connectivity index (χ4v) is 6.98. The van der Waals surface area contributed by atoms with Gasteiger partial charge in [-0.2, -0.15) is 0 Å². The van der Waals surface area contributed by atoms with Crippen LogP contribution in [0.5, 0.6) is 0 Å².